The van der Waals surface area contributed by atoms with Gasteiger partial charge in [0.1, 0.15) is 0 Å². The molecule has 108 valence electrons. The second-order valence-corrected chi connectivity index (χ2v) is 6.05. The number of ether oxygens (including phenoxy) is 1. The second-order valence-electron chi connectivity index (χ2n) is 6.05. The second kappa shape index (κ2) is 6.20. The van der Waals surface area contributed by atoms with E-state index in [2.05, 4.69) is 15.5 Å². The summed E-state index contributed by atoms with van der Waals surface area (Å²) in [5.74, 6) is 0.180. The van der Waals surface area contributed by atoms with Gasteiger partial charge in [-0.3, -0.25) is 4.79 Å². The van der Waals surface area contributed by atoms with Crippen molar-refractivity contribution in [1.29, 1.82) is 0 Å². The minimum absolute atomic E-state index is 0.180. The van der Waals surface area contributed by atoms with Crippen LogP contribution in [-0.4, -0.2) is 61.8 Å². The van der Waals surface area contributed by atoms with Crippen LogP contribution in [0.25, 0.3) is 0 Å². The number of rotatable bonds is 3. The number of nitrogens with one attached hydrogen (secondary N) is 2. The van der Waals surface area contributed by atoms with E-state index in [0.29, 0.717) is 19.1 Å². The van der Waals surface area contributed by atoms with Gasteiger partial charge in [-0.2, -0.15) is 0 Å². The van der Waals surface area contributed by atoms with Crippen LogP contribution in [0.3, 0.4) is 0 Å². The lowest BCUT2D eigenvalue weighted by atomic mass is 9.97. The minimum Gasteiger partial charge on any atom is -0.378 e. The van der Waals surface area contributed by atoms with Crippen molar-refractivity contribution in [3.63, 3.8) is 0 Å². The first-order valence-electron chi connectivity index (χ1n) is 7.66. The van der Waals surface area contributed by atoms with E-state index in [9.17, 15) is 4.79 Å². The van der Waals surface area contributed by atoms with Gasteiger partial charge in [0.15, 0.2) is 0 Å². The van der Waals surface area contributed by atoms with Crippen LogP contribution in [0.2, 0.25) is 0 Å². The highest BCUT2D eigenvalue weighted by Crippen LogP contribution is 2.26. The van der Waals surface area contributed by atoms with Crippen LogP contribution >= 0.6 is 0 Å². The van der Waals surface area contributed by atoms with Crippen LogP contribution in [0.15, 0.2) is 0 Å². The third kappa shape index (κ3) is 3.46. The number of morpholine rings is 1. The molecule has 0 aromatic heterocycles. The van der Waals surface area contributed by atoms with Gasteiger partial charge in [-0.15, -0.1) is 0 Å². The third-order valence-electron chi connectivity index (χ3n) is 4.62. The Labute approximate surface area is 115 Å². The SMILES string of the molecule is O=C(CC1COCCN1)NC1CCN2CCCC2C1. The summed E-state index contributed by atoms with van der Waals surface area (Å²) in [4.78, 5) is 14.6. The molecule has 2 N–H and O–H groups in total. The van der Waals surface area contributed by atoms with Crippen LogP contribution in [0, 0.1) is 0 Å². The molecule has 3 aliphatic heterocycles. The molecule has 1 amide bonds. The lowest BCUT2D eigenvalue weighted by molar-refractivity contribution is -0.123. The molecule has 3 fully saturated rings. The monoisotopic (exact) mass is 267 g/mol. The molecule has 0 bridgehead atoms. The van der Waals surface area contributed by atoms with Gasteiger partial charge in [-0.05, 0) is 32.2 Å². The average molecular weight is 267 g/mol. The van der Waals surface area contributed by atoms with Crippen molar-refractivity contribution in [1.82, 2.24) is 15.5 Å². The fourth-order valence-corrected chi connectivity index (χ4v) is 3.62. The summed E-state index contributed by atoms with van der Waals surface area (Å²) < 4.78 is 5.38. The van der Waals surface area contributed by atoms with Crippen molar-refractivity contribution in [3.8, 4) is 0 Å². The van der Waals surface area contributed by atoms with Gasteiger partial charge in [0, 0.05) is 37.6 Å². The summed E-state index contributed by atoms with van der Waals surface area (Å²) in [6.07, 6.45) is 5.43. The van der Waals surface area contributed by atoms with Crippen LogP contribution in [-0.2, 0) is 9.53 Å². The van der Waals surface area contributed by atoms with Gasteiger partial charge >= 0.3 is 0 Å². The molecule has 0 spiro atoms. The lowest BCUT2D eigenvalue weighted by Gasteiger charge is -2.35. The van der Waals surface area contributed by atoms with Gasteiger partial charge < -0.3 is 20.3 Å². The Hall–Kier alpha value is -0.650. The van der Waals surface area contributed by atoms with E-state index >= 15 is 0 Å². The topological polar surface area (TPSA) is 53.6 Å². The molecular weight excluding hydrogens is 242 g/mol. The maximum Gasteiger partial charge on any atom is 0.221 e. The molecule has 3 atom stereocenters. The van der Waals surface area contributed by atoms with Crippen molar-refractivity contribution in [2.75, 3.05) is 32.8 Å². The molecule has 0 radical (unpaired) electrons. The van der Waals surface area contributed by atoms with E-state index in [1.807, 2.05) is 0 Å². The van der Waals surface area contributed by atoms with Crippen LogP contribution in [0.4, 0.5) is 0 Å². The highest BCUT2D eigenvalue weighted by atomic mass is 16.5. The normalized spacial score (nSPS) is 35.9. The maximum absolute atomic E-state index is 12.1. The standard InChI is InChI=1S/C14H25N3O2/c18-14(9-12-10-19-7-4-15-12)16-11-3-6-17-5-1-2-13(17)8-11/h11-13,15H,1-10H2,(H,16,18). The van der Waals surface area contributed by atoms with Gasteiger partial charge in [-0.25, -0.2) is 0 Å². The van der Waals surface area contributed by atoms with E-state index < -0.39 is 0 Å². The molecule has 5 heteroatoms. The zero-order valence-electron chi connectivity index (χ0n) is 11.6. The Morgan fingerprint density at radius 1 is 1.37 bits per heavy atom. The summed E-state index contributed by atoms with van der Waals surface area (Å²) in [5.41, 5.74) is 0. The lowest BCUT2D eigenvalue weighted by Crippen LogP contribution is -2.49. The predicted molar refractivity (Wildman–Crippen MR) is 73.0 cm³/mol. The molecule has 19 heavy (non-hydrogen) atoms. The Balaban J connectivity index is 1.41. The number of piperidine rings is 1. The first kappa shape index (κ1) is 13.3. The zero-order valence-corrected chi connectivity index (χ0v) is 11.6. The van der Waals surface area contributed by atoms with Gasteiger partial charge in [0.25, 0.3) is 0 Å². The minimum atomic E-state index is 0.180. The van der Waals surface area contributed by atoms with Crippen molar-refractivity contribution in [3.05, 3.63) is 0 Å². The summed E-state index contributed by atoms with van der Waals surface area (Å²) >= 11 is 0. The van der Waals surface area contributed by atoms with Gasteiger partial charge in [-0.1, -0.05) is 0 Å². The predicted octanol–water partition coefficient (Wildman–Crippen LogP) is 0.108. The Bertz CT molecular complexity index is 318. The number of fused-ring (bicyclic) bond motifs is 1. The van der Waals surface area contributed by atoms with E-state index in [4.69, 9.17) is 4.74 Å². The largest absolute Gasteiger partial charge is 0.378 e. The number of nitrogens with zero attached hydrogens (tertiary/aromatic N) is 1. The maximum atomic E-state index is 12.1. The molecule has 3 heterocycles. The summed E-state index contributed by atoms with van der Waals surface area (Å²) in [5, 5.41) is 6.55. The molecule has 0 aromatic rings. The molecular formula is C14H25N3O2. The number of carbonyl (C=O) groups excluding carboxylic acids is 1. The number of hydrogen-bond acceptors (Lipinski definition) is 4. The molecule has 3 saturated heterocycles. The van der Waals surface area contributed by atoms with Crippen LogP contribution in [0.5, 0.6) is 0 Å². The van der Waals surface area contributed by atoms with Crippen LogP contribution in [0.1, 0.15) is 32.1 Å². The molecule has 0 aromatic carbocycles. The fraction of sp³-hybridized carbons (Fsp3) is 0.929. The summed E-state index contributed by atoms with van der Waals surface area (Å²) in [6.45, 7) is 4.69. The Kier molecular flexibility index (Phi) is 4.35. The molecule has 0 saturated carbocycles. The Morgan fingerprint density at radius 2 is 2.32 bits per heavy atom. The van der Waals surface area contributed by atoms with Gasteiger partial charge in [0.2, 0.25) is 5.91 Å². The van der Waals surface area contributed by atoms with E-state index in [-0.39, 0.29) is 11.9 Å². The van der Waals surface area contributed by atoms with E-state index in [0.717, 1.165) is 38.6 Å². The molecule has 3 aliphatic rings. The third-order valence-corrected chi connectivity index (χ3v) is 4.62. The van der Waals surface area contributed by atoms with Gasteiger partial charge in [0.05, 0.1) is 13.2 Å². The molecule has 0 aliphatic carbocycles. The Morgan fingerprint density at radius 3 is 3.16 bits per heavy atom. The highest BCUT2D eigenvalue weighted by molar-refractivity contribution is 5.77. The van der Waals surface area contributed by atoms with E-state index in [1.165, 1.54) is 19.4 Å². The number of amides is 1. The van der Waals surface area contributed by atoms with Crippen molar-refractivity contribution in [2.24, 2.45) is 0 Å². The average Bonchev–Trinajstić information content (AvgIpc) is 2.87. The quantitative estimate of drug-likeness (QED) is 0.762. The van der Waals surface area contributed by atoms with Crippen molar-refractivity contribution in [2.45, 2.75) is 50.2 Å². The zero-order chi connectivity index (χ0) is 13.1. The van der Waals surface area contributed by atoms with E-state index in [1.54, 1.807) is 0 Å². The summed E-state index contributed by atoms with van der Waals surface area (Å²) in [7, 11) is 0. The fourth-order valence-electron chi connectivity index (χ4n) is 3.62. The highest BCUT2D eigenvalue weighted by Gasteiger charge is 2.32. The van der Waals surface area contributed by atoms with Crippen LogP contribution < -0.4 is 10.6 Å². The van der Waals surface area contributed by atoms with Crippen molar-refractivity contribution < 1.29 is 9.53 Å². The smallest absolute Gasteiger partial charge is 0.221 e. The molecule has 5 nitrogen and oxygen atoms in total. The molecule has 3 unspecified atom stereocenters. The first-order chi connectivity index (χ1) is 9.31. The number of carbonyl (C=O) groups is 1. The number of hydrogen-bond donors (Lipinski definition) is 2. The van der Waals surface area contributed by atoms with Crippen molar-refractivity contribution >= 4 is 5.91 Å². The first-order valence-corrected chi connectivity index (χ1v) is 7.66. The molecule has 3 rings (SSSR count). The summed E-state index contributed by atoms with van der Waals surface area (Å²) in [6, 6.07) is 1.30.